The summed E-state index contributed by atoms with van der Waals surface area (Å²) in [6.07, 6.45) is 4.71. The Morgan fingerprint density at radius 2 is 2.00 bits per heavy atom. The van der Waals surface area contributed by atoms with Crippen LogP contribution in [0.2, 0.25) is 0 Å². The molecule has 2 N–H and O–H groups in total. The molecule has 0 saturated carbocycles. The number of amides is 1. The second-order valence-corrected chi connectivity index (χ2v) is 5.31. The maximum absolute atomic E-state index is 10.6. The Kier molecular flexibility index (Phi) is 3.78. The molecule has 0 aliphatic heterocycles. The Balaban J connectivity index is 1.91. The average Bonchev–Trinajstić information content (AvgIpc) is 2.82. The number of fused-ring (bicyclic) bond motifs is 1. The van der Waals surface area contributed by atoms with Gasteiger partial charge in [-0.05, 0) is 47.9 Å². The van der Waals surface area contributed by atoms with E-state index in [9.17, 15) is 4.79 Å². The zero-order valence-corrected chi connectivity index (χ0v) is 12.3. The molecule has 0 fully saturated rings. The first-order chi connectivity index (χ1) is 10.6. The predicted molar refractivity (Wildman–Crippen MR) is 84.9 cm³/mol. The van der Waals surface area contributed by atoms with E-state index in [1.807, 2.05) is 30.3 Å². The molecule has 0 aliphatic carbocycles. The molecule has 0 bridgehead atoms. The molecule has 2 heterocycles. The van der Waals surface area contributed by atoms with Crippen LogP contribution in [0, 0.1) is 6.92 Å². The van der Waals surface area contributed by atoms with Gasteiger partial charge in [-0.2, -0.15) is 0 Å². The van der Waals surface area contributed by atoms with Gasteiger partial charge in [0.15, 0.2) is 0 Å². The topological polar surface area (TPSA) is 67.2 Å². The number of carboxylic acid groups (broad SMARTS) is 1. The van der Waals surface area contributed by atoms with E-state index >= 15 is 0 Å². The maximum Gasteiger partial charge on any atom is 0.404 e. The minimum Gasteiger partial charge on any atom is -0.465 e. The molecule has 1 amide bonds. The van der Waals surface area contributed by atoms with Crippen LogP contribution in [0.15, 0.2) is 48.9 Å². The molecule has 0 radical (unpaired) electrons. The summed E-state index contributed by atoms with van der Waals surface area (Å²) in [5.41, 5.74) is 4.48. The van der Waals surface area contributed by atoms with Gasteiger partial charge in [0.1, 0.15) is 0 Å². The Hall–Kier alpha value is -2.82. The lowest BCUT2D eigenvalue weighted by Crippen LogP contribution is -2.19. The number of benzene rings is 1. The zero-order chi connectivity index (χ0) is 15.5. The first kappa shape index (κ1) is 14.1. The van der Waals surface area contributed by atoms with Crippen LogP contribution in [0.25, 0.3) is 10.9 Å². The Morgan fingerprint density at radius 3 is 2.73 bits per heavy atom. The molecule has 5 heteroatoms. The smallest absolute Gasteiger partial charge is 0.404 e. The van der Waals surface area contributed by atoms with Crippen LogP contribution >= 0.6 is 0 Å². The first-order valence-corrected chi connectivity index (χ1v) is 7.07. The van der Waals surface area contributed by atoms with Crippen LogP contribution in [0.5, 0.6) is 0 Å². The van der Waals surface area contributed by atoms with E-state index in [-0.39, 0.29) is 0 Å². The molecule has 0 saturated heterocycles. The summed E-state index contributed by atoms with van der Waals surface area (Å²) in [6.45, 7) is 3.18. The lowest BCUT2D eigenvalue weighted by molar-refractivity contribution is 0.194. The van der Waals surface area contributed by atoms with Crippen LogP contribution < -0.4 is 5.32 Å². The third-order valence-corrected chi connectivity index (χ3v) is 3.69. The standard InChI is InChI=1S/C17H17N3O2/c1-12-10-20(11-13-4-6-18-7-5-13)16-3-2-14(8-15(12)16)9-19-17(21)22/h2-8,10,19H,9,11H2,1H3,(H,21,22). The summed E-state index contributed by atoms with van der Waals surface area (Å²) in [6, 6.07) is 10.1. The van der Waals surface area contributed by atoms with Gasteiger partial charge >= 0.3 is 6.09 Å². The fourth-order valence-electron chi connectivity index (χ4n) is 2.63. The third kappa shape index (κ3) is 2.93. The Morgan fingerprint density at radius 1 is 1.23 bits per heavy atom. The van der Waals surface area contributed by atoms with E-state index in [2.05, 4.69) is 28.0 Å². The van der Waals surface area contributed by atoms with E-state index in [1.165, 1.54) is 11.1 Å². The van der Waals surface area contributed by atoms with Crippen molar-refractivity contribution in [3.8, 4) is 0 Å². The summed E-state index contributed by atoms with van der Waals surface area (Å²) in [7, 11) is 0. The normalized spacial score (nSPS) is 10.8. The summed E-state index contributed by atoms with van der Waals surface area (Å²) in [5.74, 6) is 0. The van der Waals surface area contributed by atoms with Crippen molar-refractivity contribution in [2.75, 3.05) is 0 Å². The molecular formula is C17H17N3O2. The third-order valence-electron chi connectivity index (χ3n) is 3.69. The summed E-state index contributed by atoms with van der Waals surface area (Å²) >= 11 is 0. The second-order valence-electron chi connectivity index (χ2n) is 5.31. The van der Waals surface area contributed by atoms with E-state index in [0.717, 1.165) is 23.0 Å². The minimum absolute atomic E-state index is 0.320. The number of hydrogen-bond donors (Lipinski definition) is 2. The van der Waals surface area contributed by atoms with Crippen LogP contribution in [0.1, 0.15) is 16.7 Å². The van der Waals surface area contributed by atoms with Crippen molar-refractivity contribution < 1.29 is 9.90 Å². The molecule has 3 rings (SSSR count). The van der Waals surface area contributed by atoms with Gasteiger partial charge in [0.05, 0.1) is 0 Å². The molecule has 0 atom stereocenters. The van der Waals surface area contributed by atoms with Gasteiger partial charge < -0.3 is 15.0 Å². The molecule has 0 aliphatic rings. The second kappa shape index (κ2) is 5.89. The van der Waals surface area contributed by atoms with Crippen molar-refractivity contribution in [2.24, 2.45) is 0 Å². The van der Waals surface area contributed by atoms with Crippen molar-refractivity contribution >= 4 is 17.0 Å². The summed E-state index contributed by atoms with van der Waals surface area (Å²) in [5, 5.41) is 12.2. The number of rotatable bonds is 4. The molecule has 5 nitrogen and oxygen atoms in total. The van der Waals surface area contributed by atoms with Crippen molar-refractivity contribution in [2.45, 2.75) is 20.0 Å². The summed E-state index contributed by atoms with van der Waals surface area (Å²) < 4.78 is 2.20. The van der Waals surface area contributed by atoms with Crippen LogP contribution in [0.3, 0.4) is 0 Å². The zero-order valence-electron chi connectivity index (χ0n) is 12.3. The van der Waals surface area contributed by atoms with Gasteiger partial charge in [-0.25, -0.2) is 4.79 Å². The van der Waals surface area contributed by atoms with Crippen LogP contribution in [0.4, 0.5) is 4.79 Å². The minimum atomic E-state index is -1.01. The predicted octanol–water partition coefficient (Wildman–Crippen LogP) is 3.16. The van der Waals surface area contributed by atoms with Gasteiger partial charge in [0, 0.05) is 42.6 Å². The number of aromatic nitrogens is 2. The highest BCUT2D eigenvalue weighted by molar-refractivity contribution is 5.84. The largest absolute Gasteiger partial charge is 0.465 e. The van der Waals surface area contributed by atoms with Gasteiger partial charge in [-0.1, -0.05) is 6.07 Å². The molecule has 22 heavy (non-hydrogen) atoms. The maximum atomic E-state index is 10.6. The number of carbonyl (C=O) groups is 1. The quantitative estimate of drug-likeness (QED) is 0.777. The van der Waals surface area contributed by atoms with Crippen molar-refractivity contribution in [1.29, 1.82) is 0 Å². The highest BCUT2D eigenvalue weighted by Crippen LogP contribution is 2.23. The summed E-state index contributed by atoms with van der Waals surface area (Å²) in [4.78, 5) is 14.6. The van der Waals surface area contributed by atoms with Crippen molar-refractivity contribution in [3.63, 3.8) is 0 Å². The number of hydrogen-bond acceptors (Lipinski definition) is 2. The molecule has 0 spiro atoms. The fourth-order valence-corrected chi connectivity index (χ4v) is 2.63. The Labute approximate surface area is 128 Å². The van der Waals surface area contributed by atoms with E-state index < -0.39 is 6.09 Å². The van der Waals surface area contributed by atoms with Gasteiger partial charge in [-0.15, -0.1) is 0 Å². The van der Waals surface area contributed by atoms with Crippen LogP contribution in [-0.4, -0.2) is 20.8 Å². The first-order valence-electron chi connectivity index (χ1n) is 7.07. The van der Waals surface area contributed by atoms with E-state index in [4.69, 9.17) is 5.11 Å². The van der Waals surface area contributed by atoms with Gasteiger partial charge in [0.25, 0.3) is 0 Å². The molecular weight excluding hydrogens is 278 g/mol. The number of nitrogens with zero attached hydrogens (tertiary/aromatic N) is 2. The highest BCUT2D eigenvalue weighted by Gasteiger charge is 2.07. The lowest BCUT2D eigenvalue weighted by atomic mass is 10.1. The SMILES string of the molecule is Cc1cn(Cc2ccncc2)c2ccc(CNC(=O)O)cc12. The van der Waals surface area contributed by atoms with E-state index in [1.54, 1.807) is 12.4 Å². The Bertz CT molecular complexity index is 809. The van der Waals surface area contributed by atoms with Gasteiger partial charge in [0.2, 0.25) is 0 Å². The number of nitrogens with one attached hydrogen (secondary N) is 1. The van der Waals surface area contributed by atoms with E-state index in [0.29, 0.717) is 6.54 Å². The molecule has 2 aromatic heterocycles. The van der Waals surface area contributed by atoms with Crippen molar-refractivity contribution in [1.82, 2.24) is 14.9 Å². The molecule has 3 aromatic rings. The van der Waals surface area contributed by atoms with Crippen LogP contribution in [-0.2, 0) is 13.1 Å². The lowest BCUT2D eigenvalue weighted by Gasteiger charge is -2.06. The molecule has 112 valence electrons. The van der Waals surface area contributed by atoms with Gasteiger partial charge in [-0.3, -0.25) is 4.98 Å². The molecule has 1 aromatic carbocycles. The van der Waals surface area contributed by atoms with Crippen molar-refractivity contribution in [3.05, 3.63) is 65.6 Å². The monoisotopic (exact) mass is 295 g/mol. The number of aryl methyl sites for hydroxylation is 1. The fraction of sp³-hybridized carbons (Fsp3) is 0.176. The average molecular weight is 295 g/mol. The molecule has 0 unspecified atom stereocenters. The highest BCUT2D eigenvalue weighted by atomic mass is 16.4. The number of pyridine rings is 1.